The number of esters is 1. The maximum atomic E-state index is 12.6. The maximum Gasteiger partial charge on any atom is 0.305 e. The van der Waals surface area contributed by atoms with Gasteiger partial charge >= 0.3 is 5.97 Å². The number of hydrogen-bond acceptors (Lipinski definition) is 4. The van der Waals surface area contributed by atoms with Crippen LogP contribution < -0.4 is 0 Å². The van der Waals surface area contributed by atoms with Crippen molar-refractivity contribution in [2.75, 3.05) is 6.61 Å². The largest absolute Gasteiger partial charge is 0.466 e. The Morgan fingerprint density at radius 3 is 2.59 bits per heavy atom. The van der Waals surface area contributed by atoms with E-state index in [2.05, 4.69) is 33.8 Å². The van der Waals surface area contributed by atoms with Gasteiger partial charge in [0.15, 0.2) is 0 Å². The third-order valence-electron chi connectivity index (χ3n) is 6.77. The Bertz CT molecular complexity index is 537. The van der Waals surface area contributed by atoms with Crippen LogP contribution in [0.15, 0.2) is 12.2 Å². The Morgan fingerprint density at radius 1 is 1.24 bits per heavy atom. The van der Waals surface area contributed by atoms with Crippen LogP contribution in [-0.2, 0) is 14.3 Å². The molecule has 0 heterocycles. The summed E-state index contributed by atoms with van der Waals surface area (Å²) in [5.41, 5.74) is -0.449. The molecule has 4 nitrogen and oxygen atoms in total. The van der Waals surface area contributed by atoms with Crippen LogP contribution >= 0.6 is 0 Å². The molecule has 0 saturated heterocycles. The van der Waals surface area contributed by atoms with E-state index < -0.39 is 6.10 Å². The predicted molar refractivity (Wildman–Crippen MR) is 119 cm³/mol. The number of Topliss-reactive ketones (excluding diaryl/α,β-unsaturated/α-hetero) is 1. The molecule has 1 N–H and O–H groups in total. The highest BCUT2D eigenvalue weighted by Crippen LogP contribution is 2.45. The van der Waals surface area contributed by atoms with E-state index in [-0.39, 0.29) is 22.7 Å². The van der Waals surface area contributed by atoms with Crippen LogP contribution in [0.5, 0.6) is 0 Å². The van der Waals surface area contributed by atoms with Gasteiger partial charge in [-0.15, -0.1) is 0 Å². The Labute approximate surface area is 178 Å². The van der Waals surface area contributed by atoms with Gasteiger partial charge in [-0.1, -0.05) is 72.0 Å². The molecule has 1 unspecified atom stereocenters. The maximum absolute atomic E-state index is 12.6. The van der Waals surface area contributed by atoms with Gasteiger partial charge in [-0.3, -0.25) is 9.59 Å². The van der Waals surface area contributed by atoms with Crippen LogP contribution in [0.25, 0.3) is 0 Å². The summed E-state index contributed by atoms with van der Waals surface area (Å²) < 4.78 is 4.95. The third kappa shape index (κ3) is 8.24. The molecule has 1 aliphatic carbocycles. The number of allylic oxidation sites excluding steroid dienone is 1. The van der Waals surface area contributed by atoms with E-state index in [0.717, 1.165) is 57.8 Å². The number of aliphatic hydroxyl groups excluding tert-OH is 1. The van der Waals surface area contributed by atoms with Gasteiger partial charge in [0, 0.05) is 18.3 Å². The Balaban J connectivity index is 2.51. The number of hydrogen-bond donors (Lipinski definition) is 1. The summed E-state index contributed by atoms with van der Waals surface area (Å²) >= 11 is 0. The molecule has 0 aromatic rings. The minimum atomic E-state index is -0.475. The van der Waals surface area contributed by atoms with Crippen molar-refractivity contribution in [1.29, 1.82) is 0 Å². The van der Waals surface area contributed by atoms with Gasteiger partial charge in [0.2, 0.25) is 0 Å². The van der Waals surface area contributed by atoms with Crippen LogP contribution in [0.3, 0.4) is 0 Å². The Morgan fingerprint density at radius 2 is 1.93 bits per heavy atom. The smallest absolute Gasteiger partial charge is 0.305 e. The minimum absolute atomic E-state index is 0.115. The number of ketones is 1. The van der Waals surface area contributed by atoms with Crippen molar-refractivity contribution in [2.45, 2.75) is 111 Å². The summed E-state index contributed by atoms with van der Waals surface area (Å²) in [5.74, 6) is 0.459. The summed E-state index contributed by atoms with van der Waals surface area (Å²) in [5, 5.41) is 10.6. The van der Waals surface area contributed by atoms with Gasteiger partial charge in [0.05, 0.1) is 12.7 Å². The summed E-state index contributed by atoms with van der Waals surface area (Å²) in [4.78, 5) is 24.0. The summed E-state index contributed by atoms with van der Waals surface area (Å²) in [6.07, 6.45) is 13.6. The highest BCUT2D eigenvalue weighted by molar-refractivity contribution is 5.87. The van der Waals surface area contributed by atoms with Gasteiger partial charge in [0.1, 0.15) is 5.78 Å². The first-order valence-electron chi connectivity index (χ1n) is 11.7. The van der Waals surface area contributed by atoms with Crippen LogP contribution in [-0.4, -0.2) is 29.6 Å². The van der Waals surface area contributed by atoms with Crippen molar-refractivity contribution in [2.24, 2.45) is 16.7 Å². The second-order valence-electron chi connectivity index (χ2n) is 9.63. The van der Waals surface area contributed by atoms with Gasteiger partial charge in [0.25, 0.3) is 0 Å². The lowest BCUT2D eigenvalue weighted by atomic mass is 9.74. The molecule has 0 aliphatic heterocycles. The molecular weight excluding hydrogens is 364 g/mol. The monoisotopic (exact) mass is 408 g/mol. The van der Waals surface area contributed by atoms with Crippen LogP contribution in [0, 0.1) is 16.7 Å². The van der Waals surface area contributed by atoms with Crippen LogP contribution in [0.4, 0.5) is 0 Å². The van der Waals surface area contributed by atoms with Crippen molar-refractivity contribution in [3.05, 3.63) is 12.2 Å². The van der Waals surface area contributed by atoms with Crippen molar-refractivity contribution in [3.8, 4) is 0 Å². The zero-order chi connectivity index (χ0) is 21.9. The molecule has 0 radical (unpaired) electrons. The molecule has 168 valence electrons. The van der Waals surface area contributed by atoms with Crippen molar-refractivity contribution >= 4 is 11.8 Å². The van der Waals surface area contributed by atoms with E-state index in [1.54, 1.807) is 0 Å². The lowest BCUT2D eigenvalue weighted by Gasteiger charge is -2.31. The highest BCUT2D eigenvalue weighted by atomic mass is 16.5. The quantitative estimate of drug-likeness (QED) is 0.217. The molecule has 0 aromatic carbocycles. The molecule has 1 rings (SSSR count). The molecule has 0 spiro atoms. The first-order chi connectivity index (χ1) is 13.7. The minimum Gasteiger partial charge on any atom is -0.466 e. The number of rotatable bonds is 14. The zero-order valence-corrected chi connectivity index (χ0v) is 19.5. The van der Waals surface area contributed by atoms with Crippen molar-refractivity contribution in [1.82, 2.24) is 0 Å². The lowest BCUT2D eigenvalue weighted by Crippen LogP contribution is -2.30. The SMILES string of the molecule is CCCCC(C)(C)C(O)C=C[C@H]1CCC(=O)[C@@]1(C)CCCCCCC(=O)OCC. The zero-order valence-electron chi connectivity index (χ0n) is 19.5. The highest BCUT2D eigenvalue weighted by Gasteiger charge is 2.44. The van der Waals surface area contributed by atoms with Crippen molar-refractivity contribution < 1.29 is 19.4 Å². The van der Waals surface area contributed by atoms with Gasteiger partial charge in [-0.2, -0.15) is 0 Å². The lowest BCUT2D eigenvalue weighted by molar-refractivity contribution is -0.143. The molecule has 0 aromatic heterocycles. The number of unbranched alkanes of at least 4 members (excludes halogenated alkanes) is 4. The van der Waals surface area contributed by atoms with E-state index in [1.807, 2.05) is 13.0 Å². The number of carbonyl (C=O) groups excluding carboxylic acids is 2. The van der Waals surface area contributed by atoms with Crippen LogP contribution in [0.2, 0.25) is 0 Å². The molecule has 1 aliphatic rings. The summed E-state index contributed by atoms with van der Waals surface area (Å²) in [6, 6.07) is 0. The van der Waals surface area contributed by atoms with E-state index in [0.29, 0.717) is 25.2 Å². The fourth-order valence-corrected chi connectivity index (χ4v) is 4.36. The molecule has 0 bridgehead atoms. The standard InChI is InChI=1S/C25H44O4/c1-6-8-18-24(3,4)21(26)16-14-20-15-17-22(27)25(20,5)19-12-10-9-11-13-23(28)29-7-2/h14,16,20-21,26H,6-13,15,17-19H2,1-5H3/t20-,21?,25-/m0/s1. The molecule has 1 saturated carbocycles. The second-order valence-corrected chi connectivity index (χ2v) is 9.63. The summed E-state index contributed by atoms with van der Waals surface area (Å²) in [6.45, 7) is 10.8. The van der Waals surface area contributed by atoms with E-state index in [4.69, 9.17) is 4.74 Å². The molecule has 1 fully saturated rings. The van der Waals surface area contributed by atoms with Gasteiger partial charge in [-0.25, -0.2) is 0 Å². The molecule has 29 heavy (non-hydrogen) atoms. The summed E-state index contributed by atoms with van der Waals surface area (Å²) in [7, 11) is 0. The molecule has 4 heteroatoms. The average molecular weight is 409 g/mol. The fraction of sp³-hybridized carbons (Fsp3) is 0.840. The first kappa shape index (κ1) is 25.9. The molecular formula is C25H44O4. The number of carbonyl (C=O) groups is 2. The second kappa shape index (κ2) is 12.5. The molecule has 3 atom stereocenters. The topological polar surface area (TPSA) is 63.6 Å². The van der Waals surface area contributed by atoms with E-state index in [1.165, 1.54) is 0 Å². The van der Waals surface area contributed by atoms with Gasteiger partial charge in [-0.05, 0) is 43.9 Å². The van der Waals surface area contributed by atoms with Gasteiger partial charge < -0.3 is 9.84 Å². The first-order valence-corrected chi connectivity index (χ1v) is 11.7. The molecule has 0 amide bonds. The fourth-order valence-electron chi connectivity index (χ4n) is 4.36. The average Bonchev–Trinajstić information content (AvgIpc) is 2.95. The normalized spacial score (nSPS) is 23.7. The Kier molecular flexibility index (Phi) is 11.2. The number of aliphatic hydroxyl groups is 1. The van der Waals surface area contributed by atoms with E-state index >= 15 is 0 Å². The Hall–Kier alpha value is -1.16. The third-order valence-corrected chi connectivity index (χ3v) is 6.77. The van der Waals surface area contributed by atoms with E-state index in [9.17, 15) is 14.7 Å². The number of ether oxygens (including phenoxy) is 1. The van der Waals surface area contributed by atoms with Crippen molar-refractivity contribution in [3.63, 3.8) is 0 Å². The predicted octanol–water partition coefficient (Wildman–Crippen LogP) is 6.01. The van der Waals surface area contributed by atoms with Crippen LogP contribution in [0.1, 0.15) is 105 Å².